The van der Waals surface area contributed by atoms with Crippen LogP contribution in [0.5, 0.6) is 5.88 Å². The average Bonchev–Trinajstić information content (AvgIpc) is 2.15. The summed E-state index contributed by atoms with van der Waals surface area (Å²) in [7, 11) is 0. The predicted octanol–water partition coefficient (Wildman–Crippen LogP) is 0.502. The van der Waals surface area contributed by atoms with Gasteiger partial charge in [-0.25, -0.2) is 14.8 Å². The molecule has 0 spiro atoms. The molecule has 0 unspecified atom stereocenters. The van der Waals surface area contributed by atoms with E-state index in [2.05, 4.69) is 9.97 Å². The monoisotopic (exact) mass is 182 g/mol. The molecule has 0 fully saturated rings. The van der Waals surface area contributed by atoms with Gasteiger partial charge in [-0.3, -0.25) is 0 Å². The van der Waals surface area contributed by atoms with Gasteiger partial charge in [0.2, 0.25) is 5.88 Å². The van der Waals surface area contributed by atoms with Crippen molar-refractivity contribution in [3.8, 4) is 5.88 Å². The first-order valence-corrected chi connectivity index (χ1v) is 3.88. The Morgan fingerprint density at radius 2 is 2.38 bits per heavy atom. The smallest absolute Gasteiger partial charge is 0.341 e. The van der Waals surface area contributed by atoms with Crippen LogP contribution in [-0.4, -0.2) is 27.7 Å². The van der Waals surface area contributed by atoms with Gasteiger partial charge in [0.15, 0.2) is 6.61 Å². The standard InChI is InChI=1S/C8H10N2O3/c1-2-6-3-7(10-5-9-6)13-4-8(11)12/h3,5H,2,4H2,1H3,(H,11,12). The summed E-state index contributed by atoms with van der Waals surface area (Å²) >= 11 is 0. The van der Waals surface area contributed by atoms with Gasteiger partial charge in [0, 0.05) is 11.8 Å². The highest BCUT2D eigenvalue weighted by Crippen LogP contribution is 2.06. The summed E-state index contributed by atoms with van der Waals surface area (Å²) in [5.41, 5.74) is 0.829. The summed E-state index contributed by atoms with van der Waals surface area (Å²) in [4.78, 5) is 17.9. The van der Waals surface area contributed by atoms with Crippen LogP contribution in [0.25, 0.3) is 0 Å². The molecule has 5 nitrogen and oxygen atoms in total. The third-order valence-corrected chi connectivity index (χ3v) is 1.40. The van der Waals surface area contributed by atoms with Crippen molar-refractivity contribution >= 4 is 5.97 Å². The minimum Gasteiger partial charge on any atom is -0.479 e. The van der Waals surface area contributed by atoms with Crippen molar-refractivity contribution in [1.82, 2.24) is 9.97 Å². The van der Waals surface area contributed by atoms with Gasteiger partial charge in [-0.15, -0.1) is 0 Å². The highest BCUT2D eigenvalue weighted by atomic mass is 16.5. The molecule has 1 heterocycles. The lowest BCUT2D eigenvalue weighted by Crippen LogP contribution is -2.10. The molecule has 0 radical (unpaired) electrons. The van der Waals surface area contributed by atoms with Crippen LogP contribution in [0.3, 0.4) is 0 Å². The molecular weight excluding hydrogens is 172 g/mol. The van der Waals surface area contributed by atoms with E-state index in [1.54, 1.807) is 6.07 Å². The van der Waals surface area contributed by atoms with Gasteiger partial charge in [0.05, 0.1) is 0 Å². The van der Waals surface area contributed by atoms with Crippen LogP contribution in [0.2, 0.25) is 0 Å². The molecule has 1 aromatic heterocycles. The molecule has 5 heteroatoms. The number of aliphatic carboxylic acids is 1. The zero-order chi connectivity index (χ0) is 9.68. The van der Waals surface area contributed by atoms with Crippen LogP contribution in [0.15, 0.2) is 12.4 Å². The molecule has 1 rings (SSSR count). The van der Waals surface area contributed by atoms with Crippen molar-refractivity contribution < 1.29 is 14.6 Å². The molecule has 0 aliphatic rings. The minimum atomic E-state index is -1.02. The highest BCUT2D eigenvalue weighted by molar-refractivity contribution is 5.68. The van der Waals surface area contributed by atoms with E-state index in [4.69, 9.17) is 9.84 Å². The van der Waals surface area contributed by atoms with E-state index in [-0.39, 0.29) is 6.61 Å². The van der Waals surface area contributed by atoms with Crippen molar-refractivity contribution in [3.05, 3.63) is 18.1 Å². The predicted molar refractivity (Wildman–Crippen MR) is 44.5 cm³/mol. The largest absolute Gasteiger partial charge is 0.479 e. The number of nitrogens with zero attached hydrogens (tertiary/aromatic N) is 2. The second kappa shape index (κ2) is 4.39. The number of ether oxygens (including phenoxy) is 1. The summed E-state index contributed by atoms with van der Waals surface area (Å²) in [6.45, 7) is 1.57. The lowest BCUT2D eigenvalue weighted by molar-refractivity contribution is -0.139. The maximum absolute atomic E-state index is 10.2. The first-order valence-electron chi connectivity index (χ1n) is 3.88. The number of aryl methyl sites for hydroxylation is 1. The van der Waals surface area contributed by atoms with Gasteiger partial charge in [-0.2, -0.15) is 0 Å². The molecule has 0 amide bonds. The van der Waals surface area contributed by atoms with Gasteiger partial charge >= 0.3 is 5.97 Å². The Morgan fingerprint density at radius 3 is 3.00 bits per heavy atom. The Bertz CT molecular complexity index is 301. The van der Waals surface area contributed by atoms with Crippen molar-refractivity contribution in [2.45, 2.75) is 13.3 Å². The van der Waals surface area contributed by atoms with E-state index in [1.807, 2.05) is 6.92 Å². The lowest BCUT2D eigenvalue weighted by Gasteiger charge is -2.01. The highest BCUT2D eigenvalue weighted by Gasteiger charge is 2.01. The zero-order valence-electron chi connectivity index (χ0n) is 7.23. The Kier molecular flexibility index (Phi) is 3.19. The number of hydrogen-bond donors (Lipinski definition) is 1. The number of carboxylic acid groups (broad SMARTS) is 1. The van der Waals surface area contributed by atoms with Crippen molar-refractivity contribution in [1.29, 1.82) is 0 Å². The lowest BCUT2D eigenvalue weighted by atomic mass is 10.3. The van der Waals surface area contributed by atoms with Crippen LogP contribution in [0.4, 0.5) is 0 Å². The topological polar surface area (TPSA) is 72.3 Å². The van der Waals surface area contributed by atoms with Crippen LogP contribution in [0, 0.1) is 0 Å². The fraction of sp³-hybridized carbons (Fsp3) is 0.375. The molecule has 13 heavy (non-hydrogen) atoms. The minimum absolute atomic E-state index is 0.300. The molecule has 70 valence electrons. The maximum Gasteiger partial charge on any atom is 0.341 e. The van der Waals surface area contributed by atoms with E-state index in [1.165, 1.54) is 6.33 Å². The Balaban J connectivity index is 2.61. The summed E-state index contributed by atoms with van der Waals surface area (Å²) in [6.07, 6.45) is 2.13. The number of rotatable bonds is 4. The average molecular weight is 182 g/mol. The molecule has 1 aromatic rings. The Labute approximate surface area is 75.4 Å². The van der Waals surface area contributed by atoms with Crippen molar-refractivity contribution in [2.75, 3.05) is 6.61 Å². The van der Waals surface area contributed by atoms with Crippen molar-refractivity contribution in [3.63, 3.8) is 0 Å². The van der Waals surface area contributed by atoms with Gasteiger partial charge in [0.1, 0.15) is 6.33 Å². The van der Waals surface area contributed by atoms with Crippen LogP contribution >= 0.6 is 0 Å². The number of carbonyl (C=O) groups is 1. The third kappa shape index (κ3) is 3.06. The maximum atomic E-state index is 10.2. The second-order valence-corrected chi connectivity index (χ2v) is 2.38. The molecule has 0 saturated heterocycles. The molecular formula is C8H10N2O3. The van der Waals surface area contributed by atoms with Gasteiger partial charge in [-0.05, 0) is 6.42 Å². The molecule has 0 saturated carbocycles. The molecule has 0 aliphatic heterocycles. The molecule has 0 atom stereocenters. The molecule has 1 N–H and O–H groups in total. The fourth-order valence-electron chi connectivity index (χ4n) is 0.785. The summed E-state index contributed by atoms with van der Waals surface area (Å²) in [5, 5.41) is 8.33. The molecule has 0 aliphatic carbocycles. The van der Waals surface area contributed by atoms with Gasteiger partial charge < -0.3 is 9.84 Å². The number of hydrogen-bond acceptors (Lipinski definition) is 4. The summed E-state index contributed by atoms with van der Waals surface area (Å²) < 4.78 is 4.86. The summed E-state index contributed by atoms with van der Waals surface area (Å²) in [5.74, 6) is -0.717. The Morgan fingerprint density at radius 1 is 1.62 bits per heavy atom. The van der Waals surface area contributed by atoms with Gasteiger partial charge in [0.25, 0.3) is 0 Å². The fourth-order valence-corrected chi connectivity index (χ4v) is 0.785. The van der Waals surface area contributed by atoms with E-state index >= 15 is 0 Å². The van der Waals surface area contributed by atoms with E-state index in [0.29, 0.717) is 5.88 Å². The zero-order valence-corrected chi connectivity index (χ0v) is 7.23. The molecule has 0 aromatic carbocycles. The summed E-state index contributed by atoms with van der Waals surface area (Å²) in [6, 6.07) is 1.63. The van der Waals surface area contributed by atoms with Gasteiger partial charge in [-0.1, -0.05) is 6.92 Å². The number of aromatic nitrogens is 2. The molecule has 0 bridgehead atoms. The van der Waals surface area contributed by atoms with E-state index in [0.717, 1.165) is 12.1 Å². The first kappa shape index (κ1) is 9.44. The quantitative estimate of drug-likeness (QED) is 0.734. The van der Waals surface area contributed by atoms with Crippen molar-refractivity contribution in [2.24, 2.45) is 0 Å². The second-order valence-electron chi connectivity index (χ2n) is 2.38. The number of carboxylic acids is 1. The Hall–Kier alpha value is -1.65. The van der Waals surface area contributed by atoms with E-state index in [9.17, 15) is 4.79 Å². The SMILES string of the molecule is CCc1cc(OCC(=O)O)ncn1. The third-order valence-electron chi connectivity index (χ3n) is 1.40. The van der Waals surface area contributed by atoms with E-state index < -0.39 is 5.97 Å². The normalized spacial score (nSPS) is 9.62. The van der Waals surface area contributed by atoms with Crippen LogP contribution in [0.1, 0.15) is 12.6 Å². The van der Waals surface area contributed by atoms with Crippen LogP contribution < -0.4 is 4.74 Å². The first-order chi connectivity index (χ1) is 6.22. The van der Waals surface area contributed by atoms with Crippen LogP contribution in [-0.2, 0) is 11.2 Å².